The van der Waals surface area contributed by atoms with E-state index in [1.807, 2.05) is 0 Å². The molecule has 0 amide bonds. The van der Waals surface area contributed by atoms with Crippen molar-refractivity contribution in [3.8, 4) is 0 Å². The third-order valence-corrected chi connectivity index (χ3v) is 6.56. The molecule has 0 aliphatic heterocycles. The molecule has 0 spiro atoms. The van der Waals surface area contributed by atoms with Crippen LogP contribution in [0.25, 0.3) is 0 Å². The highest BCUT2D eigenvalue weighted by molar-refractivity contribution is 4.81. The molecule has 0 N–H and O–H groups in total. The van der Waals surface area contributed by atoms with Crippen molar-refractivity contribution in [3.05, 3.63) is 0 Å². The molecule has 0 aliphatic rings. The van der Waals surface area contributed by atoms with Crippen molar-refractivity contribution in [1.82, 2.24) is 4.90 Å². The quantitative estimate of drug-likeness (QED) is 0.165. The number of hydrogen-bond acceptors (Lipinski definition) is 1. The van der Waals surface area contributed by atoms with Gasteiger partial charge in [-0.15, -0.1) is 0 Å². The van der Waals surface area contributed by atoms with Crippen LogP contribution in [0.5, 0.6) is 0 Å². The molecule has 28 heavy (non-hydrogen) atoms. The molecule has 0 saturated carbocycles. The topological polar surface area (TPSA) is 3.24 Å². The van der Waals surface area contributed by atoms with Gasteiger partial charge >= 0.3 is 0 Å². The molecular formula is C27H57N. The van der Waals surface area contributed by atoms with Gasteiger partial charge in [0, 0.05) is 5.54 Å². The van der Waals surface area contributed by atoms with Gasteiger partial charge in [0.15, 0.2) is 0 Å². The average Bonchev–Trinajstić information content (AvgIpc) is 2.68. The van der Waals surface area contributed by atoms with Crippen LogP contribution in [0, 0.1) is 0 Å². The molecule has 1 nitrogen and oxygen atoms in total. The van der Waals surface area contributed by atoms with Crippen molar-refractivity contribution in [2.24, 2.45) is 0 Å². The Bertz CT molecular complexity index is 277. The summed E-state index contributed by atoms with van der Waals surface area (Å²) in [6.07, 6.45) is 26.9. The molecule has 1 heteroatoms. The number of rotatable bonds is 22. The summed E-state index contributed by atoms with van der Waals surface area (Å²) >= 11 is 0. The van der Waals surface area contributed by atoms with Crippen LogP contribution in [0.1, 0.15) is 157 Å². The summed E-state index contributed by atoms with van der Waals surface area (Å²) in [6, 6.07) is 0. The second kappa shape index (κ2) is 20.2. The molecule has 0 heterocycles. The zero-order valence-corrected chi connectivity index (χ0v) is 20.8. The molecule has 0 fully saturated rings. The van der Waals surface area contributed by atoms with Gasteiger partial charge in [-0.2, -0.15) is 0 Å². The van der Waals surface area contributed by atoms with Crippen LogP contribution in [0.4, 0.5) is 0 Å². The fraction of sp³-hybridized carbons (Fsp3) is 1.00. The Kier molecular flexibility index (Phi) is 20.2. The van der Waals surface area contributed by atoms with Crippen LogP contribution in [0.15, 0.2) is 0 Å². The Morgan fingerprint density at radius 2 is 0.750 bits per heavy atom. The Morgan fingerprint density at radius 1 is 0.429 bits per heavy atom. The van der Waals surface area contributed by atoms with E-state index in [1.54, 1.807) is 0 Å². The van der Waals surface area contributed by atoms with Crippen LogP contribution in [0.2, 0.25) is 0 Å². The minimum atomic E-state index is 0.387. The van der Waals surface area contributed by atoms with Gasteiger partial charge in [-0.05, 0) is 46.2 Å². The molecule has 0 bridgehead atoms. The third-order valence-electron chi connectivity index (χ3n) is 6.56. The normalized spacial score (nSPS) is 12.2. The molecular weight excluding hydrogens is 338 g/mol. The molecule has 0 aliphatic carbocycles. The van der Waals surface area contributed by atoms with Gasteiger partial charge in [0.2, 0.25) is 0 Å². The van der Waals surface area contributed by atoms with Crippen molar-refractivity contribution in [2.45, 2.75) is 162 Å². The lowest BCUT2D eigenvalue weighted by Gasteiger charge is -2.39. The van der Waals surface area contributed by atoms with E-state index in [-0.39, 0.29) is 0 Å². The first-order chi connectivity index (χ1) is 13.6. The maximum Gasteiger partial charge on any atom is 0.0153 e. The van der Waals surface area contributed by atoms with Crippen molar-refractivity contribution in [3.63, 3.8) is 0 Å². The van der Waals surface area contributed by atoms with Crippen LogP contribution in [0.3, 0.4) is 0 Å². The second-order valence-electron chi connectivity index (χ2n) is 9.85. The van der Waals surface area contributed by atoms with Crippen molar-refractivity contribution in [1.29, 1.82) is 0 Å². The molecule has 170 valence electrons. The highest BCUT2D eigenvalue weighted by Crippen LogP contribution is 2.24. The van der Waals surface area contributed by atoms with Gasteiger partial charge in [0.1, 0.15) is 0 Å². The van der Waals surface area contributed by atoms with Gasteiger partial charge in [0.25, 0.3) is 0 Å². The Balaban J connectivity index is 4.05. The lowest BCUT2D eigenvalue weighted by Crippen LogP contribution is -2.45. The van der Waals surface area contributed by atoms with Gasteiger partial charge in [-0.3, -0.25) is 4.90 Å². The van der Waals surface area contributed by atoms with E-state index < -0.39 is 0 Å². The smallest absolute Gasteiger partial charge is 0.0153 e. The van der Waals surface area contributed by atoms with Gasteiger partial charge in [-0.25, -0.2) is 0 Å². The fourth-order valence-corrected chi connectivity index (χ4v) is 4.36. The van der Waals surface area contributed by atoms with Crippen LogP contribution in [-0.4, -0.2) is 23.5 Å². The fourth-order valence-electron chi connectivity index (χ4n) is 4.36. The van der Waals surface area contributed by atoms with Crippen LogP contribution >= 0.6 is 0 Å². The average molecular weight is 396 g/mol. The lowest BCUT2D eigenvalue weighted by atomic mass is 9.94. The number of unbranched alkanes of at least 4 members (excludes halogenated alkanes) is 15. The summed E-state index contributed by atoms with van der Waals surface area (Å²) in [6.45, 7) is 14.6. The first-order valence-corrected chi connectivity index (χ1v) is 13.3. The summed E-state index contributed by atoms with van der Waals surface area (Å²) in [5.74, 6) is 0. The Labute approximate surface area is 180 Å². The summed E-state index contributed by atoms with van der Waals surface area (Å²) in [5, 5.41) is 0. The molecule has 0 unspecified atom stereocenters. The molecule has 0 radical (unpaired) electrons. The van der Waals surface area contributed by atoms with E-state index in [1.165, 1.54) is 135 Å². The first-order valence-electron chi connectivity index (χ1n) is 13.3. The second-order valence-corrected chi connectivity index (χ2v) is 9.85. The predicted molar refractivity (Wildman–Crippen MR) is 130 cm³/mol. The van der Waals surface area contributed by atoms with E-state index in [2.05, 4.69) is 39.5 Å². The van der Waals surface area contributed by atoms with Crippen molar-refractivity contribution >= 4 is 0 Å². The highest BCUT2D eigenvalue weighted by atomic mass is 15.2. The molecule has 0 saturated heterocycles. The van der Waals surface area contributed by atoms with Gasteiger partial charge in [-0.1, -0.05) is 124 Å². The number of nitrogens with zero attached hydrogens (tertiary/aromatic N) is 1. The molecule has 0 rings (SSSR count). The van der Waals surface area contributed by atoms with E-state index in [0.29, 0.717) is 5.54 Å². The summed E-state index contributed by atoms with van der Waals surface area (Å²) in [4.78, 5) is 2.84. The van der Waals surface area contributed by atoms with Crippen molar-refractivity contribution < 1.29 is 0 Å². The minimum absolute atomic E-state index is 0.387. The van der Waals surface area contributed by atoms with E-state index >= 15 is 0 Å². The number of hydrogen-bond donors (Lipinski definition) is 0. The predicted octanol–water partition coefficient (Wildman–Crippen LogP) is 9.54. The third kappa shape index (κ3) is 16.9. The molecule has 0 aromatic heterocycles. The SMILES string of the molecule is CCCCCCCCCCN(CCCCCCCCCC)C(C)(C)CCCC. The van der Waals surface area contributed by atoms with Gasteiger partial charge < -0.3 is 0 Å². The maximum atomic E-state index is 2.84. The van der Waals surface area contributed by atoms with Gasteiger partial charge in [0.05, 0.1) is 0 Å². The molecule has 0 atom stereocenters. The first kappa shape index (κ1) is 28.0. The monoisotopic (exact) mass is 395 g/mol. The van der Waals surface area contributed by atoms with Crippen LogP contribution in [-0.2, 0) is 0 Å². The van der Waals surface area contributed by atoms with Crippen molar-refractivity contribution in [2.75, 3.05) is 13.1 Å². The standard InChI is InChI=1S/C27H57N/c1-6-9-12-14-16-18-20-22-25-28(27(4,5)24-11-8-3)26-23-21-19-17-15-13-10-7-2/h6-26H2,1-5H3. The molecule has 0 aromatic carbocycles. The van der Waals surface area contributed by atoms with E-state index in [9.17, 15) is 0 Å². The largest absolute Gasteiger partial charge is 0.298 e. The zero-order valence-electron chi connectivity index (χ0n) is 20.8. The highest BCUT2D eigenvalue weighted by Gasteiger charge is 2.25. The zero-order chi connectivity index (χ0) is 20.9. The minimum Gasteiger partial charge on any atom is -0.298 e. The summed E-state index contributed by atoms with van der Waals surface area (Å²) in [5.41, 5.74) is 0.387. The Morgan fingerprint density at radius 3 is 1.11 bits per heavy atom. The molecule has 0 aromatic rings. The maximum absolute atomic E-state index is 2.84. The lowest BCUT2D eigenvalue weighted by molar-refractivity contribution is 0.103. The Hall–Kier alpha value is -0.0400. The van der Waals surface area contributed by atoms with Crippen LogP contribution < -0.4 is 0 Å². The van der Waals surface area contributed by atoms with E-state index in [4.69, 9.17) is 0 Å². The summed E-state index contributed by atoms with van der Waals surface area (Å²) < 4.78 is 0. The van der Waals surface area contributed by atoms with E-state index in [0.717, 1.165) is 0 Å². The summed E-state index contributed by atoms with van der Waals surface area (Å²) in [7, 11) is 0.